The van der Waals surface area contributed by atoms with Crippen LogP contribution in [0.4, 0.5) is 11.4 Å². The summed E-state index contributed by atoms with van der Waals surface area (Å²) in [5.41, 5.74) is 7.85. The van der Waals surface area contributed by atoms with Crippen LogP contribution in [0.3, 0.4) is 0 Å². The second-order valence-corrected chi connectivity index (χ2v) is 4.44. The van der Waals surface area contributed by atoms with Crippen LogP contribution in [-0.4, -0.2) is 30.6 Å². The smallest absolute Gasteiger partial charge is 0.0576 e. The van der Waals surface area contributed by atoms with Crippen LogP contribution >= 0.6 is 0 Å². The Balaban J connectivity index is 1.89. The highest BCUT2D eigenvalue weighted by Gasteiger charge is 2.17. The highest BCUT2D eigenvalue weighted by molar-refractivity contribution is 5.65. The van der Waals surface area contributed by atoms with E-state index >= 15 is 0 Å². The summed E-state index contributed by atoms with van der Waals surface area (Å²) in [6.07, 6.45) is 2.42. The first-order valence-corrected chi connectivity index (χ1v) is 6.13. The molecule has 0 radical (unpaired) electrons. The van der Waals surface area contributed by atoms with Crippen molar-refractivity contribution in [3.63, 3.8) is 0 Å². The van der Waals surface area contributed by atoms with Crippen molar-refractivity contribution in [3.8, 4) is 0 Å². The van der Waals surface area contributed by atoms with E-state index in [-0.39, 0.29) is 0 Å². The molecule has 88 valence electrons. The summed E-state index contributed by atoms with van der Waals surface area (Å²) in [6.45, 7) is 5.78. The van der Waals surface area contributed by atoms with E-state index in [0.29, 0.717) is 6.04 Å². The number of para-hydroxylation sites is 2. The van der Waals surface area contributed by atoms with E-state index in [2.05, 4.69) is 23.2 Å². The Morgan fingerprint density at radius 1 is 1.31 bits per heavy atom. The molecule has 1 aliphatic rings. The monoisotopic (exact) mass is 219 g/mol. The second-order valence-electron chi connectivity index (χ2n) is 4.44. The van der Waals surface area contributed by atoms with Gasteiger partial charge in [-0.2, -0.15) is 0 Å². The summed E-state index contributed by atoms with van der Waals surface area (Å²) in [5.74, 6) is 0. The fourth-order valence-corrected chi connectivity index (χ4v) is 2.24. The van der Waals surface area contributed by atoms with Crippen molar-refractivity contribution >= 4 is 11.4 Å². The van der Waals surface area contributed by atoms with Crippen LogP contribution in [0.2, 0.25) is 0 Å². The third kappa shape index (κ3) is 2.67. The number of hydrogen-bond donors (Lipinski definition) is 2. The van der Waals surface area contributed by atoms with Crippen molar-refractivity contribution in [3.05, 3.63) is 24.3 Å². The van der Waals surface area contributed by atoms with Gasteiger partial charge in [0.25, 0.3) is 0 Å². The Labute approximate surface area is 97.6 Å². The zero-order valence-corrected chi connectivity index (χ0v) is 9.95. The molecule has 2 rings (SSSR count). The zero-order valence-electron chi connectivity index (χ0n) is 9.95. The predicted octanol–water partition coefficient (Wildman–Crippen LogP) is 2.17. The molecule has 3 heteroatoms. The predicted molar refractivity (Wildman–Crippen MR) is 69.6 cm³/mol. The van der Waals surface area contributed by atoms with Gasteiger partial charge in [0, 0.05) is 19.1 Å². The van der Waals surface area contributed by atoms with Crippen molar-refractivity contribution in [2.75, 3.05) is 30.7 Å². The lowest BCUT2D eigenvalue weighted by Crippen LogP contribution is -2.38. The normalized spacial score (nSPS) is 18.6. The van der Waals surface area contributed by atoms with Crippen LogP contribution in [0.1, 0.15) is 19.8 Å². The van der Waals surface area contributed by atoms with E-state index in [1.807, 2.05) is 18.2 Å². The molecule has 0 unspecified atom stereocenters. The number of nitrogen functional groups attached to an aromatic ring is 1. The van der Waals surface area contributed by atoms with E-state index in [1.54, 1.807) is 0 Å². The molecule has 3 N–H and O–H groups in total. The minimum atomic E-state index is 0.576. The molecule has 3 nitrogen and oxygen atoms in total. The molecule has 0 saturated carbocycles. The topological polar surface area (TPSA) is 41.3 Å². The molecule has 1 fully saturated rings. The molecule has 0 atom stereocenters. The molecule has 0 spiro atoms. The third-order valence-corrected chi connectivity index (χ3v) is 3.36. The summed E-state index contributed by atoms with van der Waals surface area (Å²) in [4.78, 5) is 2.49. The Morgan fingerprint density at radius 2 is 2.00 bits per heavy atom. The highest BCUT2D eigenvalue weighted by atomic mass is 15.1. The molecular formula is C13H21N3. The van der Waals surface area contributed by atoms with Gasteiger partial charge in [0.1, 0.15) is 0 Å². The number of nitrogens with one attached hydrogen (secondary N) is 1. The first kappa shape index (κ1) is 11.3. The van der Waals surface area contributed by atoms with Crippen molar-refractivity contribution < 1.29 is 0 Å². The number of likely N-dealkylation sites (tertiary alicyclic amines) is 1. The molecule has 0 aliphatic carbocycles. The number of piperidine rings is 1. The van der Waals surface area contributed by atoms with Gasteiger partial charge in [0.2, 0.25) is 0 Å². The lowest BCUT2D eigenvalue weighted by atomic mass is 10.0. The maximum Gasteiger partial charge on any atom is 0.0576 e. The quantitative estimate of drug-likeness (QED) is 0.765. The largest absolute Gasteiger partial charge is 0.397 e. The first-order valence-electron chi connectivity index (χ1n) is 6.13. The maximum absolute atomic E-state index is 5.92. The average molecular weight is 219 g/mol. The molecule has 16 heavy (non-hydrogen) atoms. The third-order valence-electron chi connectivity index (χ3n) is 3.36. The molecule has 1 aromatic rings. The Hall–Kier alpha value is -1.22. The Bertz CT molecular complexity index is 330. The Kier molecular flexibility index (Phi) is 3.67. The Morgan fingerprint density at radius 3 is 2.62 bits per heavy atom. The highest BCUT2D eigenvalue weighted by Crippen LogP contribution is 2.21. The number of benzene rings is 1. The molecule has 0 aromatic heterocycles. The summed E-state index contributed by atoms with van der Waals surface area (Å²) in [5, 5.41) is 3.54. The standard InChI is InChI=1S/C13H21N3/c1-2-16-9-7-11(8-10-16)15-13-6-4-3-5-12(13)14/h3-6,11,15H,2,7-10,14H2,1H3. The molecule has 1 aromatic carbocycles. The number of hydrogen-bond acceptors (Lipinski definition) is 3. The molecule has 1 aliphatic heterocycles. The summed E-state index contributed by atoms with van der Waals surface area (Å²) >= 11 is 0. The van der Waals surface area contributed by atoms with E-state index in [4.69, 9.17) is 5.73 Å². The van der Waals surface area contributed by atoms with E-state index in [9.17, 15) is 0 Å². The number of anilines is 2. The van der Waals surface area contributed by atoms with E-state index in [1.165, 1.54) is 32.5 Å². The average Bonchev–Trinajstić information content (AvgIpc) is 2.33. The second kappa shape index (κ2) is 5.21. The van der Waals surface area contributed by atoms with Gasteiger partial charge in [-0.05, 0) is 31.5 Å². The van der Waals surface area contributed by atoms with Gasteiger partial charge in [-0.3, -0.25) is 0 Å². The molecule has 0 bridgehead atoms. The number of nitrogens with zero attached hydrogens (tertiary/aromatic N) is 1. The minimum absolute atomic E-state index is 0.576. The first-order chi connectivity index (χ1) is 7.79. The molecule has 1 saturated heterocycles. The van der Waals surface area contributed by atoms with Crippen LogP contribution in [0.25, 0.3) is 0 Å². The van der Waals surface area contributed by atoms with Crippen molar-refractivity contribution in [2.24, 2.45) is 0 Å². The van der Waals surface area contributed by atoms with Crippen LogP contribution in [0, 0.1) is 0 Å². The van der Waals surface area contributed by atoms with E-state index in [0.717, 1.165) is 11.4 Å². The van der Waals surface area contributed by atoms with Crippen molar-refractivity contribution in [2.45, 2.75) is 25.8 Å². The minimum Gasteiger partial charge on any atom is -0.397 e. The maximum atomic E-state index is 5.92. The summed E-state index contributed by atoms with van der Waals surface area (Å²) in [6, 6.07) is 8.58. The van der Waals surface area contributed by atoms with Crippen LogP contribution in [0.15, 0.2) is 24.3 Å². The fourth-order valence-electron chi connectivity index (χ4n) is 2.24. The number of rotatable bonds is 3. The van der Waals surface area contributed by atoms with Crippen LogP contribution < -0.4 is 11.1 Å². The van der Waals surface area contributed by atoms with E-state index < -0.39 is 0 Å². The van der Waals surface area contributed by atoms with Crippen molar-refractivity contribution in [1.82, 2.24) is 4.90 Å². The summed E-state index contributed by atoms with van der Waals surface area (Å²) in [7, 11) is 0. The lowest BCUT2D eigenvalue weighted by Gasteiger charge is -2.32. The van der Waals surface area contributed by atoms with Crippen molar-refractivity contribution in [1.29, 1.82) is 0 Å². The summed E-state index contributed by atoms with van der Waals surface area (Å²) < 4.78 is 0. The molecule has 0 amide bonds. The van der Waals surface area contributed by atoms with Gasteiger partial charge in [0.15, 0.2) is 0 Å². The van der Waals surface area contributed by atoms with Crippen LogP contribution in [0.5, 0.6) is 0 Å². The number of nitrogens with two attached hydrogens (primary N) is 1. The zero-order chi connectivity index (χ0) is 11.4. The molecule has 1 heterocycles. The van der Waals surface area contributed by atoms with Gasteiger partial charge in [0.05, 0.1) is 11.4 Å². The van der Waals surface area contributed by atoms with Gasteiger partial charge in [-0.25, -0.2) is 0 Å². The lowest BCUT2D eigenvalue weighted by molar-refractivity contribution is 0.229. The fraction of sp³-hybridized carbons (Fsp3) is 0.538. The van der Waals surface area contributed by atoms with Crippen LogP contribution in [-0.2, 0) is 0 Å². The van der Waals surface area contributed by atoms with Gasteiger partial charge < -0.3 is 16.0 Å². The van der Waals surface area contributed by atoms with Gasteiger partial charge in [-0.15, -0.1) is 0 Å². The molecular weight excluding hydrogens is 198 g/mol. The van der Waals surface area contributed by atoms with Gasteiger partial charge in [-0.1, -0.05) is 19.1 Å². The SMILES string of the molecule is CCN1CCC(Nc2ccccc2N)CC1. The van der Waals surface area contributed by atoms with Gasteiger partial charge >= 0.3 is 0 Å².